The Kier molecular flexibility index (Phi) is 6.02. The van der Waals surface area contributed by atoms with Crippen molar-refractivity contribution in [1.82, 2.24) is 20.0 Å². The van der Waals surface area contributed by atoms with E-state index in [0.717, 1.165) is 43.4 Å². The Morgan fingerprint density at radius 3 is 2.62 bits per heavy atom. The van der Waals surface area contributed by atoms with E-state index >= 15 is 0 Å². The van der Waals surface area contributed by atoms with Crippen molar-refractivity contribution in [1.29, 1.82) is 0 Å². The molecule has 178 valence electrons. The molecule has 5 rings (SSSR count). The van der Waals surface area contributed by atoms with E-state index in [1.165, 1.54) is 12.0 Å². The SMILES string of the molecule is CCc1ccc(-c2cc3n(n2)C[C@@](C)(C(=O)NC2CCCCC2)N(Cc2ccco2)C3=O)cc1. The summed E-state index contributed by atoms with van der Waals surface area (Å²) in [5, 5.41) is 7.99. The topological polar surface area (TPSA) is 80.4 Å². The van der Waals surface area contributed by atoms with Gasteiger partial charge in [0, 0.05) is 11.6 Å². The van der Waals surface area contributed by atoms with E-state index in [1.807, 2.05) is 31.2 Å². The van der Waals surface area contributed by atoms with Gasteiger partial charge in [-0.3, -0.25) is 14.3 Å². The fraction of sp³-hybridized carbons (Fsp3) is 0.444. The summed E-state index contributed by atoms with van der Waals surface area (Å²) < 4.78 is 7.24. The van der Waals surface area contributed by atoms with Crippen LogP contribution in [0.15, 0.2) is 53.1 Å². The number of nitrogens with zero attached hydrogens (tertiary/aromatic N) is 3. The Labute approximate surface area is 200 Å². The molecule has 1 aliphatic heterocycles. The molecule has 2 amide bonds. The van der Waals surface area contributed by atoms with Gasteiger partial charge in [-0.2, -0.15) is 5.10 Å². The minimum atomic E-state index is -1.08. The largest absolute Gasteiger partial charge is 0.467 e. The average Bonchev–Trinajstić information content (AvgIpc) is 3.52. The number of hydrogen-bond acceptors (Lipinski definition) is 4. The van der Waals surface area contributed by atoms with Crippen LogP contribution in [0.2, 0.25) is 0 Å². The number of aromatic nitrogens is 2. The second kappa shape index (κ2) is 9.12. The molecule has 0 bridgehead atoms. The monoisotopic (exact) mass is 460 g/mol. The van der Waals surface area contributed by atoms with Crippen LogP contribution in [0.25, 0.3) is 11.3 Å². The molecule has 1 N–H and O–H groups in total. The molecule has 3 heterocycles. The second-order valence-electron chi connectivity index (χ2n) is 9.68. The molecular formula is C27H32N4O3. The third kappa shape index (κ3) is 4.15. The number of hydrogen-bond donors (Lipinski definition) is 1. The summed E-state index contributed by atoms with van der Waals surface area (Å²) in [6.07, 6.45) is 7.99. The van der Waals surface area contributed by atoms with Crippen molar-refractivity contribution < 1.29 is 14.0 Å². The third-order valence-electron chi connectivity index (χ3n) is 7.28. The minimum absolute atomic E-state index is 0.130. The number of rotatable bonds is 6. The molecule has 3 aromatic rings. The molecular weight excluding hydrogens is 428 g/mol. The Bertz CT molecular complexity index is 1160. The number of aryl methyl sites for hydroxylation is 1. The highest BCUT2D eigenvalue weighted by Crippen LogP contribution is 2.32. The normalized spacial score (nSPS) is 20.9. The van der Waals surface area contributed by atoms with Crippen LogP contribution in [-0.2, 0) is 24.3 Å². The predicted octanol–water partition coefficient (Wildman–Crippen LogP) is 4.57. The van der Waals surface area contributed by atoms with Crippen molar-refractivity contribution in [3.63, 3.8) is 0 Å². The van der Waals surface area contributed by atoms with Crippen molar-refractivity contribution in [2.24, 2.45) is 0 Å². The van der Waals surface area contributed by atoms with Crippen LogP contribution in [0.5, 0.6) is 0 Å². The molecule has 0 spiro atoms. The number of furan rings is 1. The molecule has 7 heteroatoms. The van der Waals surface area contributed by atoms with Gasteiger partial charge in [-0.1, -0.05) is 50.5 Å². The highest BCUT2D eigenvalue weighted by Gasteiger charge is 2.48. The number of amides is 2. The quantitative estimate of drug-likeness (QED) is 0.584. The third-order valence-corrected chi connectivity index (χ3v) is 7.28. The molecule has 1 atom stereocenters. The first-order valence-corrected chi connectivity index (χ1v) is 12.3. The van der Waals surface area contributed by atoms with Gasteiger partial charge >= 0.3 is 0 Å². The zero-order valence-electron chi connectivity index (χ0n) is 19.9. The summed E-state index contributed by atoms with van der Waals surface area (Å²) in [4.78, 5) is 29.0. The van der Waals surface area contributed by atoms with E-state index in [4.69, 9.17) is 9.52 Å². The Balaban J connectivity index is 1.48. The lowest BCUT2D eigenvalue weighted by Crippen LogP contribution is -2.64. The van der Waals surface area contributed by atoms with E-state index in [1.54, 1.807) is 21.9 Å². The molecule has 2 aromatic heterocycles. The van der Waals surface area contributed by atoms with E-state index in [9.17, 15) is 9.59 Å². The molecule has 1 aromatic carbocycles. The van der Waals surface area contributed by atoms with Gasteiger partial charge in [-0.05, 0) is 49.9 Å². The highest BCUT2D eigenvalue weighted by molar-refractivity contribution is 6.00. The zero-order chi connectivity index (χ0) is 23.7. The summed E-state index contributed by atoms with van der Waals surface area (Å²) >= 11 is 0. The molecule has 1 saturated carbocycles. The van der Waals surface area contributed by atoms with Crippen LogP contribution in [0.1, 0.15) is 67.8 Å². The molecule has 0 unspecified atom stereocenters. The summed E-state index contributed by atoms with van der Waals surface area (Å²) in [7, 11) is 0. The van der Waals surface area contributed by atoms with Gasteiger partial charge in [0.25, 0.3) is 5.91 Å². The Morgan fingerprint density at radius 2 is 1.94 bits per heavy atom. The molecule has 1 fully saturated rings. The summed E-state index contributed by atoms with van der Waals surface area (Å²) in [6, 6.07) is 13.9. The maximum absolute atomic E-state index is 13.7. The van der Waals surface area contributed by atoms with E-state index < -0.39 is 5.54 Å². The smallest absolute Gasteiger partial charge is 0.273 e. The first-order chi connectivity index (χ1) is 16.5. The van der Waals surface area contributed by atoms with Crippen molar-refractivity contribution in [2.45, 2.75) is 77.0 Å². The number of carbonyl (C=O) groups is 2. The van der Waals surface area contributed by atoms with Crippen molar-refractivity contribution in [2.75, 3.05) is 0 Å². The van der Waals surface area contributed by atoms with Crippen LogP contribution in [-0.4, -0.2) is 38.1 Å². The number of fused-ring (bicyclic) bond motifs is 1. The van der Waals surface area contributed by atoms with Crippen LogP contribution in [0.4, 0.5) is 0 Å². The predicted molar refractivity (Wildman–Crippen MR) is 129 cm³/mol. The van der Waals surface area contributed by atoms with Crippen LogP contribution in [0.3, 0.4) is 0 Å². The highest BCUT2D eigenvalue weighted by atomic mass is 16.3. The van der Waals surface area contributed by atoms with E-state index in [-0.39, 0.29) is 24.4 Å². The molecule has 34 heavy (non-hydrogen) atoms. The fourth-order valence-corrected chi connectivity index (χ4v) is 5.09. The van der Waals surface area contributed by atoms with Crippen molar-refractivity contribution in [3.05, 3.63) is 65.7 Å². The summed E-state index contributed by atoms with van der Waals surface area (Å²) in [6.45, 7) is 4.48. The van der Waals surface area contributed by atoms with E-state index in [2.05, 4.69) is 24.4 Å². The maximum Gasteiger partial charge on any atom is 0.273 e. The number of carbonyl (C=O) groups excluding carboxylic acids is 2. The van der Waals surface area contributed by atoms with Gasteiger partial charge in [-0.25, -0.2) is 0 Å². The van der Waals surface area contributed by atoms with Gasteiger partial charge in [0.15, 0.2) is 0 Å². The molecule has 7 nitrogen and oxygen atoms in total. The maximum atomic E-state index is 13.7. The fourth-order valence-electron chi connectivity index (χ4n) is 5.09. The van der Waals surface area contributed by atoms with Gasteiger partial charge < -0.3 is 14.6 Å². The van der Waals surface area contributed by atoms with E-state index in [0.29, 0.717) is 18.0 Å². The van der Waals surface area contributed by atoms with Gasteiger partial charge in [-0.15, -0.1) is 0 Å². The number of nitrogens with one attached hydrogen (secondary N) is 1. The molecule has 2 aliphatic rings. The van der Waals surface area contributed by atoms with Crippen molar-refractivity contribution >= 4 is 11.8 Å². The standard InChI is InChI=1S/C27H32N4O3/c1-3-19-11-13-20(14-12-19)23-16-24-25(32)30(17-22-10-7-15-34-22)27(2,18-31(24)29-23)26(33)28-21-8-5-4-6-9-21/h7,10-16,21H,3-6,8-9,17-18H2,1-2H3,(H,28,33)/t27-/m0/s1. The lowest BCUT2D eigenvalue weighted by Gasteiger charge is -2.43. The zero-order valence-corrected chi connectivity index (χ0v) is 19.9. The number of benzene rings is 1. The van der Waals surface area contributed by atoms with Crippen LogP contribution < -0.4 is 5.32 Å². The van der Waals surface area contributed by atoms with Gasteiger partial charge in [0.2, 0.25) is 5.91 Å². The lowest BCUT2D eigenvalue weighted by atomic mass is 9.91. The Hall–Kier alpha value is -3.35. The first-order valence-electron chi connectivity index (χ1n) is 12.3. The summed E-state index contributed by atoms with van der Waals surface area (Å²) in [5.74, 6) is 0.301. The molecule has 1 aliphatic carbocycles. The molecule has 0 radical (unpaired) electrons. The van der Waals surface area contributed by atoms with Crippen LogP contribution >= 0.6 is 0 Å². The van der Waals surface area contributed by atoms with Crippen LogP contribution in [0, 0.1) is 0 Å². The van der Waals surface area contributed by atoms with Gasteiger partial charge in [0.1, 0.15) is 17.0 Å². The lowest BCUT2D eigenvalue weighted by molar-refractivity contribution is -0.134. The van der Waals surface area contributed by atoms with Crippen molar-refractivity contribution in [3.8, 4) is 11.3 Å². The average molecular weight is 461 g/mol. The molecule has 0 saturated heterocycles. The Morgan fingerprint density at radius 1 is 1.18 bits per heavy atom. The summed E-state index contributed by atoms with van der Waals surface area (Å²) in [5.41, 5.74) is 2.35. The first kappa shape index (κ1) is 22.4. The second-order valence-corrected chi connectivity index (χ2v) is 9.68. The van der Waals surface area contributed by atoms with Gasteiger partial charge in [0.05, 0.1) is 25.0 Å². The minimum Gasteiger partial charge on any atom is -0.467 e.